The normalized spacial score (nSPS) is 13.1. The standard InChI is InChI=1S/C10H10Cl2N2O2S/c1-7(5-11)14-17(15,16)10-4-8(6-13)2-3-9(10)12/h2-4,7,14H,5H2,1H3. The molecule has 0 amide bonds. The van der Waals surface area contributed by atoms with Crippen LogP contribution >= 0.6 is 23.2 Å². The van der Waals surface area contributed by atoms with Gasteiger partial charge >= 0.3 is 0 Å². The first kappa shape index (κ1) is 14.3. The molecule has 1 aromatic carbocycles. The zero-order chi connectivity index (χ0) is 13.1. The van der Waals surface area contributed by atoms with Crippen molar-refractivity contribution in [3.05, 3.63) is 28.8 Å². The second-order valence-electron chi connectivity index (χ2n) is 3.43. The van der Waals surface area contributed by atoms with Crippen LogP contribution < -0.4 is 4.72 Å². The highest BCUT2D eigenvalue weighted by atomic mass is 35.5. The maximum Gasteiger partial charge on any atom is 0.242 e. The highest BCUT2D eigenvalue weighted by Crippen LogP contribution is 2.22. The van der Waals surface area contributed by atoms with Crippen molar-refractivity contribution in [2.24, 2.45) is 0 Å². The lowest BCUT2D eigenvalue weighted by molar-refractivity contribution is 0.570. The van der Waals surface area contributed by atoms with Gasteiger partial charge in [0.05, 0.1) is 16.7 Å². The fourth-order valence-corrected chi connectivity index (χ4v) is 3.08. The van der Waals surface area contributed by atoms with Crippen LogP contribution in [0.1, 0.15) is 12.5 Å². The van der Waals surface area contributed by atoms with Crippen molar-refractivity contribution in [3.63, 3.8) is 0 Å². The third-order valence-corrected chi connectivity index (χ3v) is 4.47. The number of nitrogens with one attached hydrogen (secondary N) is 1. The summed E-state index contributed by atoms with van der Waals surface area (Å²) in [7, 11) is -3.75. The Morgan fingerprint density at radius 1 is 1.53 bits per heavy atom. The van der Waals surface area contributed by atoms with E-state index in [1.54, 1.807) is 6.92 Å². The molecule has 0 heterocycles. The van der Waals surface area contributed by atoms with Gasteiger partial charge in [-0.25, -0.2) is 13.1 Å². The lowest BCUT2D eigenvalue weighted by atomic mass is 10.2. The Bertz CT molecular complexity index is 552. The number of halogens is 2. The second-order valence-corrected chi connectivity index (χ2v) is 5.83. The molecule has 0 aliphatic heterocycles. The molecular formula is C10H10Cl2N2O2S. The van der Waals surface area contributed by atoms with Crippen molar-refractivity contribution >= 4 is 33.2 Å². The average molecular weight is 293 g/mol. The van der Waals surface area contributed by atoms with E-state index in [0.717, 1.165) is 0 Å². The Balaban J connectivity index is 3.19. The van der Waals surface area contributed by atoms with Gasteiger partial charge in [-0.3, -0.25) is 0 Å². The van der Waals surface area contributed by atoms with Gasteiger partial charge in [0.1, 0.15) is 4.90 Å². The van der Waals surface area contributed by atoms with Gasteiger partial charge in [0.25, 0.3) is 0 Å². The Kier molecular flexibility index (Phi) is 4.78. The molecule has 1 N–H and O–H groups in total. The lowest BCUT2D eigenvalue weighted by Crippen LogP contribution is -2.33. The van der Waals surface area contributed by atoms with Crippen LogP contribution in [0.25, 0.3) is 0 Å². The van der Waals surface area contributed by atoms with Gasteiger partial charge in [0.15, 0.2) is 0 Å². The third-order valence-electron chi connectivity index (χ3n) is 1.94. The van der Waals surface area contributed by atoms with Crippen molar-refractivity contribution < 1.29 is 8.42 Å². The Labute approximate surface area is 110 Å². The summed E-state index contributed by atoms with van der Waals surface area (Å²) < 4.78 is 26.2. The molecule has 0 fully saturated rings. The summed E-state index contributed by atoms with van der Waals surface area (Å²) in [5.74, 6) is 0.148. The highest BCUT2D eigenvalue weighted by molar-refractivity contribution is 7.89. The van der Waals surface area contributed by atoms with E-state index in [4.69, 9.17) is 28.5 Å². The number of hydrogen-bond donors (Lipinski definition) is 1. The Hall–Kier alpha value is -0.800. The first-order valence-electron chi connectivity index (χ1n) is 4.68. The van der Waals surface area contributed by atoms with E-state index < -0.39 is 16.1 Å². The highest BCUT2D eigenvalue weighted by Gasteiger charge is 2.20. The van der Waals surface area contributed by atoms with Gasteiger partial charge in [0.2, 0.25) is 10.0 Å². The summed E-state index contributed by atoms with van der Waals surface area (Å²) in [6.07, 6.45) is 0. The predicted molar refractivity (Wildman–Crippen MR) is 66.7 cm³/mol. The zero-order valence-corrected chi connectivity index (χ0v) is 11.3. The van der Waals surface area contributed by atoms with E-state index in [2.05, 4.69) is 4.72 Å². The molecule has 92 valence electrons. The van der Waals surface area contributed by atoms with E-state index in [-0.39, 0.29) is 21.4 Å². The van der Waals surface area contributed by atoms with Crippen LogP contribution in [0.4, 0.5) is 0 Å². The minimum Gasteiger partial charge on any atom is -0.207 e. The monoisotopic (exact) mass is 292 g/mol. The molecule has 0 aliphatic rings. The largest absolute Gasteiger partial charge is 0.242 e. The molecular weight excluding hydrogens is 283 g/mol. The second kappa shape index (κ2) is 5.69. The SMILES string of the molecule is CC(CCl)NS(=O)(=O)c1cc(C#N)ccc1Cl. The maximum absolute atomic E-state index is 11.9. The number of nitrogens with zero attached hydrogens (tertiary/aromatic N) is 1. The van der Waals surface area contributed by atoms with Crippen LogP contribution in [0, 0.1) is 11.3 Å². The van der Waals surface area contributed by atoms with Crippen LogP contribution in [0.3, 0.4) is 0 Å². The molecule has 1 unspecified atom stereocenters. The van der Waals surface area contributed by atoms with Crippen LogP contribution in [-0.2, 0) is 10.0 Å². The van der Waals surface area contributed by atoms with Gasteiger partial charge < -0.3 is 0 Å². The summed E-state index contributed by atoms with van der Waals surface area (Å²) >= 11 is 11.3. The van der Waals surface area contributed by atoms with Gasteiger partial charge in [0, 0.05) is 11.9 Å². The summed E-state index contributed by atoms with van der Waals surface area (Å²) in [5, 5.41) is 8.79. The van der Waals surface area contributed by atoms with E-state index in [9.17, 15) is 8.42 Å². The molecule has 0 aliphatic carbocycles. The molecule has 0 bridgehead atoms. The topological polar surface area (TPSA) is 70.0 Å². The van der Waals surface area contributed by atoms with E-state index in [1.807, 2.05) is 6.07 Å². The molecule has 7 heteroatoms. The fraction of sp³-hybridized carbons (Fsp3) is 0.300. The smallest absolute Gasteiger partial charge is 0.207 e. The minimum absolute atomic E-state index is 0.0678. The summed E-state index contributed by atoms with van der Waals surface area (Å²) in [4.78, 5) is -0.116. The van der Waals surface area contributed by atoms with Crippen molar-refractivity contribution in [1.29, 1.82) is 5.26 Å². The van der Waals surface area contributed by atoms with Crippen molar-refractivity contribution in [3.8, 4) is 6.07 Å². The van der Waals surface area contributed by atoms with E-state index >= 15 is 0 Å². The van der Waals surface area contributed by atoms with Crippen LogP contribution in [-0.4, -0.2) is 20.3 Å². The first-order valence-corrected chi connectivity index (χ1v) is 7.08. The van der Waals surface area contributed by atoms with Crippen molar-refractivity contribution in [1.82, 2.24) is 4.72 Å². The van der Waals surface area contributed by atoms with E-state index in [0.29, 0.717) is 0 Å². The quantitative estimate of drug-likeness (QED) is 0.864. The number of rotatable bonds is 4. The van der Waals surface area contributed by atoms with Crippen LogP contribution in [0.2, 0.25) is 5.02 Å². The number of sulfonamides is 1. The molecule has 1 rings (SSSR count). The first-order chi connectivity index (χ1) is 7.90. The van der Waals surface area contributed by atoms with Gasteiger partial charge in [-0.15, -0.1) is 11.6 Å². The van der Waals surface area contributed by atoms with Crippen molar-refractivity contribution in [2.45, 2.75) is 17.9 Å². The fourth-order valence-electron chi connectivity index (χ4n) is 1.14. The predicted octanol–water partition coefficient (Wildman–Crippen LogP) is 2.12. The number of nitriles is 1. The summed E-state index contributed by atoms with van der Waals surface area (Å²) in [5.41, 5.74) is 0.230. The molecule has 17 heavy (non-hydrogen) atoms. The Morgan fingerprint density at radius 2 is 2.18 bits per heavy atom. The summed E-state index contributed by atoms with van der Waals surface area (Å²) in [6, 6.07) is 5.50. The molecule has 1 atom stereocenters. The molecule has 0 aromatic heterocycles. The third kappa shape index (κ3) is 3.58. The van der Waals surface area contributed by atoms with Gasteiger partial charge in [-0.05, 0) is 25.1 Å². The minimum atomic E-state index is -3.75. The zero-order valence-electron chi connectivity index (χ0n) is 8.94. The molecule has 0 radical (unpaired) electrons. The number of hydrogen-bond acceptors (Lipinski definition) is 3. The van der Waals surface area contributed by atoms with Gasteiger partial charge in [-0.2, -0.15) is 5.26 Å². The maximum atomic E-state index is 11.9. The number of alkyl halides is 1. The molecule has 1 aromatic rings. The van der Waals surface area contributed by atoms with Crippen LogP contribution in [0.5, 0.6) is 0 Å². The molecule has 0 spiro atoms. The van der Waals surface area contributed by atoms with Gasteiger partial charge in [-0.1, -0.05) is 11.6 Å². The summed E-state index contributed by atoms with van der Waals surface area (Å²) in [6.45, 7) is 1.63. The Morgan fingerprint density at radius 3 is 2.71 bits per heavy atom. The van der Waals surface area contributed by atoms with Crippen LogP contribution in [0.15, 0.2) is 23.1 Å². The molecule has 0 saturated heterocycles. The number of benzene rings is 1. The van der Waals surface area contributed by atoms with Crippen molar-refractivity contribution in [2.75, 3.05) is 5.88 Å². The molecule has 0 saturated carbocycles. The van der Waals surface area contributed by atoms with E-state index in [1.165, 1.54) is 18.2 Å². The average Bonchev–Trinajstić information content (AvgIpc) is 2.28. The lowest BCUT2D eigenvalue weighted by Gasteiger charge is -2.12. The molecule has 4 nitrogen and oxygen atoms in total.